The largest absolute Gasteiger partial charge is 0.399 e. The highest BCUT2D eigenvalue weighted by molar-refractivity contribution is 5.77. The molecule has 46 heavy (non-hydrogen) atoms. The molecule has 0 spiro atoms. The summed E-state index contributed by atoms with van der Waals surface area (Å²) in [6.45, 7) is 0. The van der Waals surface area contributed by atoms with Crippen molar-refractivity contribution < 1.29 is 0 Å². The van der Waals surface area contributed by atoms with Crippen molar-refractivity contribution in [3.8, 4) is 35.5 Å². The van der Waals surface area contributed by atoms with Gasteiger partial charge in [-0.15, -0.1) is 0 Å². The van der Waals surface area contributed by atoms with Crippen LogP contribution < -0.4 is 22.1 Å². The normalized spacial score (nSPS) is 9.91. The summed E-state index contributed by atoms with van der Waals surface area (Å²) >= 11 is 0. The maximum absolute atomic E-state index is 5.80. The standard InChI is InChI=1S/C42H30N4/c43-37-19-7-31(8-20-37)1-4-34-13-25-40(26-14-34)46(41-27-15-35(16-28-41)5-2-32-9-21-38(44)22-10-32)42-29-17-36(18-30-42)6-3-33-11-23-39(45)24-12-33/h7-30H,43-45H2. The van der Waals surface area contributed by atoms with Crippen molar-refractivity contribution in [3.05, 3.63) is 179 Å². The predicted octanol–water partition coefficient (Wildman–Crippen LogP) is 8.10. The smallest absolute Gasteiger partial charge is 0.0462 e. The van der Waals surface area contributed by atoms with Gasteiger partial charge < -0.3 is 22.1 Å². The third-order valence-electron chi connectivity index (χ3n) is 7.16. The minimum atomic E-state index is 0.721. The van der Waals surface area contributed by atoms with Crippen molar-refractivity contribution in [1.29, 1.82) is 0 Å². The van der Waals surface area contributed by atoms with Crippen LogP contribution >= 0.6 is 0 Å². The van der Waals surface area contributed by atoms with Gasteiger partial charge in [-0.2, -0.15) is 0 Å². The molecule has 0 saturated carbocycles. The van der Waals surface area contributed by atoms with E-state index < -0.39 is 0 Å². The molecule has 0 aliphatic heterocycles. The van der Waals surface area contributed by atoms with E-state index in [2.05, 4.69) is 76.8 Å². The first-order chi connectivity index (χ1) is 22.5. The lowest BCUT2D eigenvalue weighted by Crippen LogP contribution is -2.09. The average Bonchev–Trinajstić information content (AvgIpc) is 3.09. The summed E-state index contributed by atoms with van der Waals surface area (Å²) < 4.78 is 0. The van der Waals surface area contributed by atoms with Crippen molar-refractivity contribution in [2.45, 2.75) is 0 Å². The number of nitrogens with two attached hydrogens (primary N) is 3. The average molecular weight is 591 g/mol. The molecule has 0 heterocycles. The molecular weight excluding hydrogens is 560 g/mol. The molecule has 6 rings (SSSR count). The van der Waals surface area contributed by atoms with E-state index in [-0.39, 0.29) is 0 Å². The molecule has 4 nitrogen and oxygen atoms in total. The topological polar surface area (TPSA) is 81.3 Å². The summed E-state index contributed by atoms with van der Waals surface area (Å²) in [5.41, 5.74) is 28.1. The Kier molecular flexibility index (Phi) is 8.70. The van der Waals surface area contributed by atoms with Crippen LogP contribution in [0.1, 0.15) is 33.4 Å². The molecule has 0 bridgehead atoms. The summed E-state index contributed by atoms with van der Waals surface area (Å²) in [5, 5.41) is 0. The zero-order valence-electron chi connectivity index (χ0n) is 25.0. The molecule has 6 aromatic rings. The Morgan fingerprint density at radius 1 is 0.261 bits per heavy atom. The molecule has 0 aliphatic carbocycles. The molecule has 0 aromatic heterocycles. The van der Waals surface area contributed by atoms with Crippen LogP contribution in [0.2, 0.25) is 0 Å². The van der Waals surface area contributed by atoms with Gasteiger partial charge in [0, 0.05) is 67.5 Å². The molecule has 0 radical (unpaired) electrons. The van der Waals surface area contributed by atoms with Crippen LogP contribution in [0.3, 0.4) is 0 Å². The van der Waals surface area contributed by atoms with Crippen LogP contribution in [-0.2, 0) is 0 Å². The first kappa shape index (κ1) is 29.3. The van der Waals surface area contributed by atoms with Crippen molar-refractivity contribution in [2.24, 2.45) is 0 Å². The lowest BCUT2D eigenvalue weighted by atomic mass is 10.1. The molecule has 218 valence electrons. The third-order valence-corrected chi connectivity index (χ3v) is 7.16. The van der Waals surface area contributed by atoms with E-state index in [0.29, 0.717) is 0 Å². The lowest BCUT2D eigenvalue weighted by molar-refractivity contribution is 1.28. The SMILES string of the molecule is Nc1ccc(C#Cc2ccc(N(c3ccc(C#Cc4ccc(N)cc4)cc3)c3ccc(C#Cc4ccc(N)cc4)cc3)cc2)cc1. The predicted molar refractivity (Wildman–Crippen MR) is 192 cm³/mol. The van der Waals surface area contributed by atoms with Gasteiger partial charge in [-0.05, 0) is 146 Å². The van der Waals surface area contributed by atoms with Crippen LogP contribution in [0.25, 0.3) is 0 Å². The molecule has 0 unspecified atom stereocenters. The van der Waals surface area contributed by atoms with Gasteiger partial charge in [-0.3, -0.25) is 0 Å². The van der Waals surface area contributed by atoms with E-state index >= 15 is 0 Å². The number of hydrogen-bond acceptors (Lipinski definition) is 4. The highest BCUT2D eigenvalue weighted by atomic mass is 15.1. The number of benzene rings is 6. The molecule has 0 saturated heterocycles. The third kappa shape index (κ3) is 7.58. The van der Waals surface area contributed by atoms with Crippen LogP contribution in [0.15, 0.2) is 146 Å². The number of rotatable bonds is 3. The molecule has 6 aromatic carbocycles. The first-order valence-corrected chi connectivity index (χ1v) is 14.7. The van der Waals surface area contributed by atoms with Gasteiger partial charge in [0.15, 0.2) is 0 Å². The Hall–Kier alpha value is -6.80. The molecule has 0 atom stereocenters. The van der Waals surface area contributed by atoms with E-state index in [1.54, 1.807) is 0 Å². The summed E-state index contributed by atoms with van der Waals surface area (Å²) in [7, 11) is 0. The van der Waals surface area contributed by atoms with Crippen LogP contribution in [-0.4, -0.2) is 0 Å². The maximum Gasteiger partial charge on any atom is 0.0462 e. The van der Waals surface area contributed by atoms with Gasteiger partial charge in [0.05, 0.1) is 0 Å². The summed E-state index contributed by atoms with van der Waals surface area (Å²) in [4.78, 5) is 2.20. The Balaban J connectivity index is 1.29. The van der Waals surface area contributed by atoms with E-state index in [9.17, 15) is 0 Å². The molecule has 0 aliphatic rings. The van der Waals surface area contributed by atoms with Gasteiger partial charge >= 0.3 is 0 Å². The number of nitrogen functional groups attached to an aromatic ring is 3. The summed E-state index contributed by atoms with van der Waals surface area (Å²) in [6.07, 6.45) is 0. The fourth-order valence-corrected chi connectivity index (χ4v) is 4.66. The minimum Gasteiger partial charge on any atom is -0.399 e. The van der Waals surface area contributed by atoms with Crippen molar-refractivity contribution in [3.63, 3.8) is 0 Å². The van der Waals surface area contributed by atoms with Crippen LogP contribution in [0, 0.1) is 35.5 Å². The van der Waals surface area contributed by atoms with E-state index in [1.807, 2.05) is 109 Å². The van der Waals surface area contributed by atoms with Gasteiger partial charge in [-0.25, -0.2) is 0 Å². The number of anilines is 6. The monoisotopic (exact) mass is 590 g/mol. The number of hydrogen-bond donors (Lipinski definition) is 3. The highest BCUT2D eigenvalue weighted by Gasteiger charge is 2.12. The number of nitrogens with zero attached hydrogens (tertiary/aromatic N) is 1. The minimum absolute atomic E-state index is 0.721. The van der Waals surface area contributed by atoms with Gasteiger partial charge in [0.25, 0.3) is 0 Å². The summed E-state index contributed by atoms with van der Waals surface area (Å²) in [5.74, 6) is 19.4. The first-order valence-electron chi connectivity index (χ1n) is 14.7. The fraction of sp³-hybridized carbons (Fsp3) is 0. The van der Waals surface area contributed by atoms with Crippen LogP contribution in [0.4, 0.5) is 34.1 Å². The highest BCUT2D eigenvalue weighted by Crippen LogP contribution is 2.34. The molecule has 0 amide bonds. The quantitative estimate of drug-likeness (QED) is 0.144. The zero-order chi connectivity index (χ0) is 31.7. The van der Waals surface area contributed by atoms with Gasteiger partial charge in [-0.1, -0.05) is 35.5 Å². The Labute approximate surface area is 270 Å². The second-order valence-corrected chi connectivity index (χ2v) is 10.6. The van der Waals surface area contributed by atoms with Crippen molar-refractivity contribution in [2.75, 3.05) is 22.1 Å². The molecular formula is C42H30N4. The van der Waals surface area contributed by atoms with E-state index in [0.717, 1.165) is 67.5 Å². The van der Waals surface area contributed by atoms with Crippen molar-refractivity contribution >= 4 is 34.1 Å². The summed E-state index contributed by atoms with van der Waals surface area (Å²) in [6, 6.07) is 47.3. The molecule has 6 N–H and O–H groups in total. The van der Waals surface area contributed by atoms with Gasteiger partial charge in [0.2, 0.25) is 0 Å². The zero-order valence-corrected chi connectivity index (χ0v) is 25.0. The second kappa shape index (κ2) is 13.7. The molecule has 4 heteroatoms. The van der Waals surface area contributed by atoms with E-state index in [4.69, 9.17) is 17.2 Å². The van der Waals surface area contributed by atoms with Gasteiger partial charge in [0.1, 0.15) is 0 Å². The lowest BCUT2D eigenvalue weighted by Gasteiger charge is -2.25. The Bertz CT molecular complexity index is 1870. The Morgan fingerprint density at radius 2 is 0.435 bits per heavy atom. The van der Waals surface area contributed by atoms with Crippen LogP contribution in [0.5, 0.6) is 0 Å². The fourth-order valence-electron chi connectivity index (χ4n) is 4.66. The Morgan fingerprint density at radius 3 is 0.630 bits per heavy atom. The van der Waals surface area contributed by atoms with E-state index in [1.165, 1.54) is 0 Å². The maximum atomic E-state index is 5.80. The second-order valence-electron chi connectivity index (χ2n) is 10.6. The van der Waals surface area contributed by atoms with Crippen molar-refractivity contribution in [1.82, 2.24) is 0 Å². The molecule has 0 fully saturated rings.